The molecule has 1 aromatic carbocycles. The number of pyridine rings is 2. The van der Waals surface area contributed by atoms with Gasteiger partial charge in [0, 0.05) is 29.7 Å². The van der Waals surface area contributed by atoms with Crippen LogP contribution < -0.4 is 0 Å². The number of fused-ring (bicyclic) bond motifs is 1. The fourth-order valence-corrected chi connectivity index (χ4v) is 2.73. The quantitative estimate of drug-likeness (QED) is 0.629. The number of hydrogen-bond donors (Lipinski definition) is 1. The highest BCUT2D eigenvalue weighted by Gasteiger charge is 2.08. The molecular weight excluding hydrogens is 286 g/mol. The standard InChI is InChI=1S/C19H15N3O/c23-13-14-6-8-22-18(12-21-19(22)9-14)16-4-1-3-15(10-16)17-5-2-7-20-11-17/h1-12,23H,13H2. The minimum Gasteiger partial charge on any atom is -0.392 e. The molecule has 0 radical (unpaired) electrons. The van der Waals surface area contributed by atoms with E-state index in [0.29, 0.717) is 0 Å². The maximum atomic E-state index is 9.24. The van der Waals surface area contributed by atoms with E-state index < -0.39 is 0 Å². The maximum Gasteiger partial charge on any atom is 0.137 e. The minimum atomic E-state index is 0.0230. The third-order valence-corrected chi connectivity index (χ3v) is 3.91. The molecular formula is C19H15N3O. The van der Waals surface area contributed by atoms with Crippen molar-refractivity contribution in [3.8, 4) is 22.4 Å². The molecule has 4 heteroatoms. The highest BCUT2D eigenvalue weighted by atomic mass is 16.3. The lowest BCUT2D eigenvalue weighted by Gasteiger charge is -2.06. The molecule has 4 aromatic rings. The smallest absolute Gasteiger partial charge is 0.137 e. The molecule has 3 heterocycles. The van der Waals surface area contributed by atoms with Crippen molar-refractivity contribution in [2.24, 2.45) is 0 Å². The Bertz CT molecular complexity index is 961. The minimum absolute atomic E-state index is 0.0230. The van der Waals surface area contributed by atoms with Crippen molar-refractivity contribution in [3.63, 3.8) is 0 Å². The Hall–Kier alpha value is -2.98. The van der Waals surface area contributed by atoms with Crippen molar-refractivity contribution in [2.75, 3.05) is 0 Å². The van der Waals surface area contributed by atoms with Crippen LogP contribution in [0.25, 0.3) is 28.0 Å². The van der Waals surface area contributed by atoms with Crippen LogP contribution in [-0.4, -0.2) is 19.5 Å². The SMILES string of the molecule is OCc1ccn2c(-c3cccc(-c4cccnc4)c3)cnc2c1. The summed E-state index contributed by atoms with van der Waals surface area (Å²) < 4.78 is 2.03. The van der Waals surface area contributed by atoms with Crippen LogP contribution in [0.1, 0.15) is 5.56 Å². The Morgan fingerprint density at radius 1 is 0.913 bits per heavy atom. The van der Waals surface area contributed by atoms with Gasteiger partial charge in [0.15, 0.2) is 0 Å². The van der Waals surface area contributed by atoms with Gasteiger partial charge >= 0.3 is 0 Å². The van der Waals surface area contributed by atoms with Crippen LogP contribution in [0.5, 0.6) is 0 Å². The van der Waals surface area contributed by atoms with Crippen LogP contribution >= 0.6 is 0 Å². The molecule has 0 fully saturated rings. The first-order valence-corrected chi connectivity index (χ1v) is 7.43. The Labute approximate surface area is 133 Å². The number of aliphatic hydroxyl groups is 1. The van der Waals surface area contributed by atoms with Gasteiger partial charge in [-0.05, 0) is 35.4 Å². The topological polar surface area (TPSA) is 50.4 Å². The van der Waals surface area contributed by atoms with Crippen LogP contribution in [0.2, 0.25) is 0 Å². The monoisotopic (exact) mass is 301 g/mol. The average molecular weight is 301 g/mol. The molecule has 0 aliphatic carbocycles. The van der Waals surface area contributed by atoms with Crippen molar-refractivity contribution in [1.82, 2.24) is 14.4 Å². The molecule has 0 amide bonds. The molecule has 0 saturated carbocycles. The van der Waals surface area contributed by atoms with E-state index in [4.69, 9.17) is 0 Å². The van der Waals surface area contributed by atoms with Gasteiger partial charge in [-0.15, -0.1) is 0 Å². The lowest BCUT2D eigenvalue weighted by Crippen LogP contribution is -1.91. The Morgan fingerprint density at radius 3 is 2.61 bits per heavy atom. The Morgan fingerprint density at radius 2 is 1.78 bits per heavy atom. The third kappa shape index (κ3) is 2.49. The number of aromatic nitrogens is 3. The molecule has 112 valence electrons. The summed E-state index contributed by atoms with van der Waals surface area (Å²) in [5.41, 5.74) is 6.02. The van der Waals surface area contributed by atoms with E-state index in [1.54, 1.807) is 6.20 Å². The molecule has 0 spiro atoms. The zero-order chi connectivity index (χ0) is 15.6. The zero-order valence-electron chi connectivity index (χ0n) is 12.4. The van der Waals surface area contributed by atoms with Gasteiger partial charge in [-0.1, -0.05) is 24.3 Å². The first-order valence-electron chi connectivity index (χ1n) is 7.43. The van der Waals surface area contributed by atoms with Gasteiger partial charge in [0.2, 0.25) is 0 Å². The van der Waals surface area contributed by atoms with E-state index >= 15 is 0 Å². The highest BCUT2D eigenvalue weighted by molar-refractivity contribution is 5.72. The second-order valence-electron chi connectivity index (χ2n) is 5.39. The summed E-state index contributed by atoms with van der Waals surface area (Å²) in [6.07, 6.45) is 7.44. The molecule has 0 aliphatic heterocycles. The molecule has 1 N–H and O–H groups in total. The van der Waals surface area contributed by atoms with Crippen molar-refractivity contribution in [2.45, 2.75) is 6.61 Å². The average Bonchev–Trinajstić information content (AvgIpc) is 3.05. The molecule has 0 unspecified atom stereocenters. The largest absolute Gasteiger partial charge is 0.392 e. The fraction of sp³-hybridized carbons (Fsp3) is 0.0526. The molecule has 0 atom stereocenters. The van der Waals surface area contributed by atoms with E-state index in [2.05, 4.69) is 28.2 Å². The lowest BCUT2D eigenvalue weighted by atomic mass is 10.0. The highest BCUT2D eigenvalue weighted by Crippen LogP contribution is 2.26. The van der Waals surface area contributed by atoms with Crippen LogP contribution in [0, 0.1) is 0 Å². The van der Waals surface area contributed by atoms with Crippen molar-refractivity contribution in [3.05, 3.63) is 78.9 Å². The van der Waals surface area contributed by atoms with Crippen molar-refractivity contribution >= 4 is 5.65 Å². The van der Waals surface area contributed by atoms with Crippen LogP contribution in [0.15, 0.2) is 73.3 Å². The van der Waals surface area contributed by atoms with Gasteiger partial charge in [0.1, 0.15) is 5.65 Å². The van der Waals surface area contributed by atoms with Gasteiger partial charge < -0.3 is 5.11 Å². The molecule has 4 rings (SSSR count). The van der Waals surface area contributed by atoms with E-state index in [0.717, 1.165) is 33.6 Å². The summed E-state index contributed by atoms with van der Waals surface area (Å²) in [7, 11) is 0. The van der Waals surface area contributed by atoms with Gasteiger partial charge in [-0.3, -0.25) is 9.38 Å². The predicted molar refractivity (Wildman–Crippen MR) is 89.8 cm³/mol. The molecule has 0 bridgehead atoms. The van der Waals surface area contributed by atoms with E-state index in [1.165, 1.54) is 0 Å². The Balaban J connectivity index is 1.82. The number of rotatable bonds is 3. The summed E-state index contributed by atoms with van der Waals surface area (Å²) in [4.78, 5) is 8.63. The van der Waals surface area contributed by atoms with Gasteiger partial charge in [-0.2, -0.15) is 0 Å². The van der Waals surface area contributed by atoms with Crippen LogP contribution in [0.3, 0.4) is 0 Å². The number of hydrogen-bond acceptors (Lipinski definition) is 3. The third-order valence-electron chi connectivity index (χ3n) is 3.91. The summed E-state index contributed by atoms with van der Waals surface area (Å²) in [5.74, 6) is 0. The lowest BCUT2D eigenvalue weighted by molar-refractivity contribution is 0.282. The number of aliphatic hydroxyl groups excluding tert-OH is 1. The van der Waals surface area contributed by atoms with Crippen LogP contribution in [-0.2, 0) is 6.61 Å². The summed E-state index contributed by atoms with van der Waals surface area (Å²) in [5, 5.41) is 9.24. The first-order chi connectivity index (χ1) is 11.3. The van der Waals surface area contributed by atoms with Gasteiger partial charge in [-0.25, -0.2) is 4.98 Å². The summed E-state index contributed by atoms with van der Waals surface area (Å²) in [6.45, 7) is 0.0230. The van der Waals surface area contributed by atoms with Crippen molar-refractivity contribution < 1.29 is 5.11 Å². The van der Waals surface area contributed by atoms with Gasteiger partial charge in [0.25, 0.3) is 0 Å². The summed E-state index contributed by atoms with van der Waals surface area (Å²) >= 11 is 0. The second-order valence-corrected chi connectivity index (χ2v) is 5.39. The Kier molecular flexibility index (Phi) is 3.37. The van der Waals surface area contributed by atoms with Gasteiger partial charge in [0.05, 0.1) is 18.5 Å². The second kappa shape index (κ2) is 5.66. The normalized spacial score (nSPS) is 11.0. The van der Waals surface area contributed by atoms with E-state index in [-0.39, 0.29) is 6.61 Å². The molecule has 0 aliphatic rings. The molecule has 3 aromatic heterocycles. The number of imidazole rings is 1. The van der Waals surface area contributed by atoms with Crippen molar-refractivity contribution in [1.29, 1.82) is 0 Å². The molecule has 0 saturated heterocycles. The van der Waals surface area contributed by atoms with E-state index in [9.17, 15) is 5.11 Å². The number of nitrogens with zero attached hydrogens (tertiary/aromatic N) is 3. The van der Waals surface area contributed by atoms with Crippen LogP contribution in [0.4, 0.5) is 0 Å². The summed E-state index contributed by atoms with van der Waals surface area (Å²) in [6, 6.07) is 16.1. The zero-order valence-corrected chi connectivity index (χ0v) is 12.4. The first kappa shape index (κ1) is 13.7. The van der Waals surface area contributed by atoms with E-state index in [1.807, 2.05) is 53.3 Å². The number of benzene rings is 1. The maximum absolute atomic E-state index is 9.24. The predicted octanol–water partition coefficient (Wildman–Crippen LogP) is 3.56. The molecule has 4 nitrogen and oxygen atoms in total. The molecule has 23 heavy (non-hydrogen) atoms. The fourth-order valence-electron chi connectivity index (χ4n) is 2.73.